The Kier molecular flexibility index (Phi) is 10.1. The summed E-state index contributed by atoms with van der Waals surface area (Å²) < 4.78 is 5.70. The number of fused-ring (bicyclic) bond motifs is 1. The zero-order chi connectivity index (χ0) is 30.6. The number of carbonyl (C=O) groups excluding carboxylic acids is 1. The normalized spacial score (nSPS) is 28.6. The van der Waals surface area contributed by atoms with Crippen LogP contribution in [-0.2, 0) is 4.74 Å². The molecule has 0 aliphatic heterocycles. The van der Waals surface area contributed by atoms with Gasteiger partial charge in [0.1, 0.15) is 6.10 Å². The zero-order valence-corrected chi connectivity index (χ0v) is 25.6. The molecule has 3 fully saturated rings. The zero-order valence-electron chi connectivity index (χ0n) is 25.6. The first-order valence-electron chi connectivity index (χ1n) is 15.6. The van der Waals surface area contributed by atoms with E-state index in [-0.39, 0.29) is 5.56 Å². The van der Waals surface area contributed by atoms with Crippen LogP contribution in [0.2, 0.25) is 0 Å². The first-order valence-corrected chi connectivity index (χ1v) is 15.6. The molecule has 8 nitrogen and oxygen atoms in total. The van der Waals surface area contributed by atoms with Crippen LogP contribution in [0.1, 0.15) is 109 Å². The molecule has 1 aromatic carbocycles. The maximum Gasteiger partial charge on any atom is 0.338 e. The number of hydrogen-bond acceptors (Lipinski definition) is 6. The van der Waals surface area contributed by atoms with E-state index in [1.807, 2.05) is 0 Å². The summed E-state index contributed by atoms with van der Waals surface area (Å²) in [5.74, 6) is 2.09. The molecule has 0 N–H and O–H groups in total. The number of carbonyl (C=O) groups is 1. The number of ether oxygens (including phenoxy) is 1. The smallest absolute Gasteiger partial charge is 0.338 e. The predicted octanol–water partition coefficient (Wildman–Crippen LogP) is 9.30. The van der Waals surface area contributed by atoms with E-state index in [0.717, 1.165) is 53.5 Å². The highest BCUT2D eigenvalue weighted by Crippen LogP contribution is 2.60. The fraction of sp³-hybridized carbons (Fsp3) is 0.618. The topological polar surface area (TPSA) is 113 Å². The van der Waals surface area contributed by atoms with Gasteiger partial charge in [0.2, 0.25) is 0 Å². The molecule has 4 rings (SSSR count). The fourth-order valence-corrected chi connectivity index (χ4v) is 7.89. The van der Waals surface area contributed by atoms with Crippen molar-refractivity contribution in [3.8, 4) is 0 Å². The van der Waals surface area contributed by atoms with Gasteiger partial charge in [0.15, 0.2) is 0 Å². The van der Waals surface area contributed by atoms with Gasteiger partial charge in [-0.2, -0.15) is 0 Å². The fourth-order valence-electron chi connectivity index (χ4n) is 7.89. The number of benzene rings is 1. The largest absolute Gasteiger partial charge is 0.458 e. The molecule has 8 heteroatoms. The minimum absolute atomic E-state index is 0.191. The minimum Gasteiger partial charge on any atom is -0.458 e. The molecule has 3 aliphatic carbocycles. The molecule has 0 bridgehead atoms. The Morgan fingerprint density at radius 2 is 1.74 bits per heavy atom. The van der Waals surface area contributed by atoms with Crippen LogP contribution in [0.5, 0.6) is 0 Å². The lowest BCUT2D eigenvalue weighted by atomic mass is 9.60. The van der Waals surface area contributed by atoms with Gasteiger partial charge in [-0.1, -0.05) is 76.8 Å². The summed E-state index contributed by atoms with van der Waals surface area (Å²) >= 11 is 0. The number of hydrogen-bond donors (Lipinski definition) is 0. The number of rotatable bonds is 10. The van der Waals surface area contributed by atoms with Crippen molar-refractivity contribution in [1.82, 2.24) is 0 Å². The molecule has 228 valence electrons. The Bertz CT molecular complexity index is 1250. The average Bonchev–Trinajstić information content (AvgIpc) is 3.30. The lowest BCUT2D eigenvalue weighted by molar-refractivity contribution is -0.394. The van der Waals surface area contributed by atoms with Crippen LogP contribution in [0.15, 0.2) is 53.6 Å². The van der Waals surface area contributed by atoms with Crippen molar-refractivity contribution < 1.29 is 19.4 Å². The van der Waals surface area contributed by atoms with E-state index < -0.39 is 33.3 Å². The molecule has 42 heavy (non-hydrogen) atoms. The second-order valence-corrected chi connectivity index (χ2v) is 13.5. The maximum atomic E-state index is 12.9. The number of nitro groups is 2. The molecule has 5 atom stereocenters. The molecule has 3 aliphatic rings. The summed E-state index contributed by atoms with van der Waals surface area (Å²) in [6.45, 7) is 13.9. The molecular formula is C34H46N2O6. The lowest BCUT2D eigenvalue weighted by Gasteiger charge is -2.44. The van der Waals surface area contributed by atoms with Gasteiger partial charge in [-0.3, -0.25) is 20.2 Å². The van der Waals surface area contributed by atoms with E-state index >= 15 is 0 Å². The van der Waals surface area contributed by atoms with Crippen LogP contribution in [-0.4, -0.2) is 21.9 Å². The molecule has 0 saturated heterocycles. The third kappa shape index (κ3) is 7.19. The molecule has 1 aromatic rings. The van der Waals surface area contributed by atoms with E-state index in [2.05, 4.69) is 46.4 Å². The van der Waals surface area contributed by atoms with Crippen molar-refractivity contribution >= 4 is 17.3 Å². The number of nitro benzene ring substituents is 2. The summed E-state index contributed by atoms with van der Waals surface area (Å²) in [6.07, 6.45) is 16.0. The molecule has 0 amide bonds. The molecule has 0 heterocycles. The van der Waals surface area contributed by atoms with Crippen LogP contribution >= 0.6 is 0 Å². The summed E-state index contributed by atoms with van der Waals surface area (Å²) in [5.41, 5.74) is 2.75. The van der Waals surface area contributed by atoms with Gasteiger partial charge in [0, 0.05) is 18.6 Å². The average molecular weight is 579 g/mol. The Balaban J connectivity index is 1.45. The van der Waals surface area contributed by atoms with Crippen molar-refractivity contribution in [3.63, 3.8) is 0 Å². The monoisotopic (exact) mass is 578 g/mol. The molecule has 0 radical (unpaired) electrons. The number of allylic oxidation sites excluding steroid dienone is 4. The highest BCUT2D eigenvalue weighted by Gasteiger charge is 2.50. The number of esters is 1. The lowest BCUT2D eigenvalue weighted by Crippen LogP contribution is -2.36. The van der Waals surface area contributed by atoms with Gasteiger partial charge in [0.05, 0.1) is 21.5 Å². The van der Waals surface area contributed by atoms with Crippen LogP contribution < -0.4 is 0 Å². The van der Waals surface area contributed by atoms with E-state index in [4.69, 9.17) is 4.74 Å². The Labute approximate surface area is 249 Å². The van der Waals surface area contributed by atoms with E-state index in [1.54, 1.807) is 0 Å². The summed E-state index contributed by atoms with van der Waals surface area (Å²) in [6, 6.07) is 2.89. The van der Waals surface area contributed by atoms with Gasteiger partial charge in [-0.15, -0.1) is 0 Å². The molecule has 0 aromatic heterocycles. The second-order valence-electron chi connectivity index (χ2n) is 13.5. The van der Waals surface area contributed by atoms with Crippen molar-refractivity contribution in [2.75, 3.05) is 0 Å². The van der Waals surface area contributed by atoms with Gasteiger partial charge in [-0.25, -0.2) is 4.79 Å². The first-order chi connectivity index (χ1) is 19.9. The van der Waals surface area contributed by atoms with Gasteiger partial charge in [0.25, 0.3) is 11.4 Å². The Morgan fingerprint density at radius 1 is 1.05 bits per heavy atom. The van der Waals surface area contributed by atoms with Crippen LogP contribution in [0.4, 0.5) is 11.4 Å². The first kappa shape index (κ1) is 31.6. The van der Waals surface area contributed by atoms with E-state index in [0.29, 0.717) is 30.6 Å². The second kappa shape index (κ2) is 13.3. The van der Waals surface area contributed by atoms with Crippen molar-refractivity contribution in [3.05, 3.63) is 79.4 Å². The summed E-state index contributed by atoms with van der Waals surface area (Å²) in [4.78, 5) is 33.8. The number of non-ortho nitro benzene ring substituents is 2. The summed E-state index contributed by atoms with van der Waals surface area (Å²) in [5, 5.41) is 22.5. The quantitative estimate of drug-likeness (QED) is 0.155. The third-order valence-corrected chi connectivity index (χ3v) is 10.2. The number of nitrogens with zero attached hydrogens (tertiary/aromatic N) is 2. The van der Waals surface area contributed by atoms with Crippen LogP contribution in [0, 0.1) is 49.3 Å². The van der Waals surface area contributed by atoms with Crippen molar-refractivity contribution in [2.24, 2.45) is 29.1 Å². The molecule has 5 unspecified atom stereocenters. The van der Waals surface area contributed by atoms with Crippen LogP contribution in [0.3, 0.4) is 0 Å². The molecule has 3 saturated carbocycles. The highest BCUT2D eigenvalue weighted by atomic mass is 16.6. The maximum absolute atomic E-state index is 12.9. The highest BCUT2D eigenvalue weighted by molar-refractivity contribution is 5.91. The van der Waals surface area contributed by atoms with E-state index in [1.165, 1.54) is 50.5 Å². The SMILES string of the molecule is C=C1CCC(OC(=O)c2cc([N+](=O)[O-])cc([N+](=O)[O-])c2)C/C1=C/C=C1CCCC2(C)C1CCC2C(C)CCCC(C)C. The third-order valence-electron chi connectivity index (χ3n) is 10.2. The van der Waals surface area contributed by atoms with Gasteiger partial charge < -0.3 is 4.74 Å². The minimum atomic E-state index is -0.792. The van der Waals surface area contributed by atoms with Gasteiger partial charge in [-0.05, 0) is 79.6 Å². The summed E-state index contributed by atoms with van der Waals surface area (Å²) in [7, 11) is 0. The molecular weight excluding hydrogens is 532 g/mol. The van der Waals surface area contributed by atoms with Crippen molar-refractivity contribution in [2.45, 2.75) is 104 Å². The Hall–Kier alpha value is -3.29. The standard InChI is InChI=1S/C34H46N2O6/c1-22(2)8-6-9-24(4)31-15-16-32-25(10-7-17-34(31,32)5)12-13-26-20-30(14-11-23(26)3)42-33(37)27-18-28(35(38)39)21-29(19-27)36(40)41/h12-13,18-19,21-22,24,30-32H,3,6-11,14-17,20H2,1-2,4-5H3/b25-12?,26-13-. The molecule has 0 spiro atoms. The van der Waals surface area contributed by atoms with Gasteiger partial charge >= 0.3 is 5.97 Å². The predicted molar refractivity (Wildman–Crippen MR) is 164 cm³/mol. The van der Waals surface area contributed by atoms with E-state index in [9.17, 15) is 25.0 Å². The van der Waals surface area contributed by atoms with Crippen LogP contribution in [0.25, 0.3) is 0 Å². The Morgan fingerprint density at radius 3 is 2.38 bits per heavy atom. The van der Waals surface area contributed by atoms with Crippen molar-refractivity contribution in [1.29, 1.82) is 0 Å².